The number of nitrogens with two attached hydrogens (primary N) is 1. The average Bonchev–Trinajstić information content (AvgIpc) is 2.74. The molecule has 0 spiro atoms. The highest BCUT2D eigenvalue weighted by molar-refractivity contribution is 5.90. The van der Waals surface area contributed by atoms with Crippen molar-refractivity contribution in [3.8, 4) is 5.75 Å². The number of hydrogen-bond donors (Lipinski definition) is 2. The second kappa shape index (κ2) is 5.17. The number of nitrogen functional groups attached to an aromatic ring is 1. The maximum atomic E-state index is 11.7. The molecule has 3 N–H and O–H groups in total. The number of anilines is 2. The molecule has 2 aromatic rings. The lowest BCUT2D eigenvalue weighted by Crippen LogP contribution is -2.20. The number of benzene rings is 1. The third-order valence-electron chi connectivity index (χ3n) is 2.19. The minimum absolute atomic E-state index is 0.00834. The maximum absolute atomic E-state index is 11.7. The van der Waals surface area contributed by atoms with Crippen molar-refractivity contribution in [1.29, 1.82) is 0 Å². The van der Waals surface area contributed by atoms with Crippen LogP contribution in [0.25, 0.3) is 0 Å². The van der Waals surface area contributed by atoms with E-state index in [4.69, 9.17) is 10.5 Å². The molecule has 0 fully saturated rings. The molecule has 18 heavy (non-hydrogen) atoms. The number of nitrogens with one attached hydrogen (secondary N) is 1. The van der Waals surface area contributed by atoms with Crippen LogP contribution >= 0.6 is 0 Å². The van der Waals surface area contributed by atoms with E-state index in [2.05, 4.69) is 15.5 Å². The molecular formula is C11H13N5O2. The SMILES string of the molecule is COc1cccc(NC(=O)Cn2ncc(N)n2)c1. The molecule has 94 valence electrons. The van der Waals surface area contributed by atoms with Crippen LogP contribution in [-0.2, 0) is 11.3 Å². The molecule has 0 radical (unpaired) electrons. The predicted molar refractivity (Wildman–Crippen MR) is 66.1 cm³/mol. The van der Waals surface area contributed by atoms with Gasteiger partial charge in [0.25, 0.3) is 0 Å². The molecule has 1 heterocycles. The Labute approximate surface area is 104 Å². The van der Waals surface area contributed by atoms with Crippen LogP contribution in [0.1, 0.15) is 0 Å². The van der Waals surface area contributed by atoms with Gasteiger partial charge < -0.3 is 15.8 Å². The smallest absolute Gasteiger partial charge is 0.247 e. The molecule has 0 atom stereocenters. The van der Waals surface area contributed by atoms with Crippen molar-refractivity contribution in [3.05, 3.63) is 30.5 Å². The molecule has 1 aromatic heterocycles. The Morgan fingerprint density at radius 3 is 3.06 bits per heavy atom. The molecule has 2 rings (SSSR count). The van der Waals surface area contributed by atoms with Crippen molar-refractivity contribution in [2.24, 2.45) is 0 Å². The lowest BCUT2D eigenvalue weighted by Gasteiger charge is -2.06. The minimum Gasteiger partial charge on any atom is -0.497 e. The number of amides is 1. The van der Waals surface area contributed by atoms with Crippen LogP contribution in [0.15, 0.2) is 30.5 Å². The highest BCUT2D eigenvalue weighted by Gasteiger charge is 2.06. The van der Waals surface area contributed by atoms with Crippen LogP contribution in [0.3, 0.4) is 0 Å². The number of ether oxygens (including phenoxy) is 1. The molecule has 1 aromatic carbocycles. The van der Waals surface area contributed by atoms with Crippen molar-refractivity contribution in [1.82, 2.24) is 15.0 Å². The minimum atomic E-state index is -0.237. The number of aromatic nitrogens is 3. The molecule has 0 aliphatic rings. The van der Waals surface area contributed by atoms with Crippen molar-refractivity contribution >= 4 is 17.4 Å². The van der Waals surface area contributed by atoms with Crippen LogP contribution in [0, 0.1) is 0 Å². The van der Waals surface area contributed by atoms with E-state index in [1.807, 2.05) is 0 Å². The van der Waals surface area contributed by atoms with E-state index in [9.17, 15) is 4.79 Å². The quantitative estimate of drug-likeness (QED) is 0.820. The topological polar surface area (TPSA) is 95.1 Å². The van der Waals surface area contributed by atoms with E-state index in [-0.39, 0.29) is 18.3 Å². The Hall–Kier alpha value is -2.57. The molecule has 0 saturated heterocycles. The summed E-state index contributed by atoms with van der Waals surface area (Å²) in [6, 6.07) is 7.08. The largest absolute Gasteiger partial charge is 0.497 e. The fourth-order valence-corrected chi connectivity index (χ4v) is 1.42. The first-order chi connectivity index (χ1) is 8.67. The summed E-state index contributed by atoms with van der Waals surface area (Å²) >= 11 is 0. The van der Waals surface area contributed by atoms with E-state index in [1.165, 1.54) is 11.0 Å². The van der Waals surface area contributed by atoms with Gasteiger partial charge in [-0.2, -0.15) is 9.90 Å². The fraction of sp³-hybridized carbons (Fsp3) is 0.182. The summed E-state index contributed by atoms with van der Waals surface area (Å²) in [6.07, 6.45) is 1.39. The lowest BCUT2D eigenvalue weighted by atomic mass is 10.3. The van der Waals surface area contributed by atoms with E-state index >= 15 is 0 Å². The molecule has 0 aliphatic carbocycles. The molecule has 0 bridgehead atoms. The third-order valence-corrected chi connectivity index (χ3v) is 2.19. The number of carbonyl (C=O) groups excluding carboxylic acids is 1. The lowest BCUT2D eigenvalue weighted by molar-refractivity contribution is -0.117. The summed E-state index contributed by atoms with van der Waals surface area (Å²) in [5.74, 6) is 0.720. The van der Waals surface area contributed by atoms with E-state index in [1.54, 1.807) is 31.4 Å². The van der Waals surface area contributed by atoms with Gasteiger partial charge in [0.1, 0.15) is 12.3 Å². The fourth-order valence-electron chi connectivity index (χ4n) is 1.42. The van der Waals surface area contributed by atoms with Gasteiger partial charge in [-0.25, -0.2) is 0 Å². The first-order valence-corrected chi connectivity index (χ1v) is 5.27. The molecular weight excluding hydrogens is 234 g/mol. The van der Waals surface area contributed by atoms with Crippen LogP contribution in [0.5, 0.6) is 5.75 Å². The molecule has 0 saturated carbocycles. The predicted octanol–water partition coefficient (Wildman–Crippen LogP) is 0.508. The van der Waals surface area contributed by atoms with Crippen LogP contribution in [0.2, 0.25) is 0 Å². The van der Waals surface area contributed by atoms with Crippen LogP contribution in [0.4, 0.5) is 11.5 Å². The molecule has 1 amide bonds. The van der Waals surface area contributed by atoms with Crippen molar-refractivity contribution in [3.63, 3.8) is 0 Å². The van der Waals surface area contributed by atoms with Gasteiger partial charge in [0, 0.05) is 11.8 Å². The molecule has 0 aliphatic heterocycles. The monoisotopic (exact) mass is 247 g/mol. The van der Waals surface area contributed by atoms with Crippen molar-refractivity contribution in [2.75, 3.05) is 18.2 Å². The molecule has 0 unspecified atom stereocenters. The van der Waals surface area contributed by atoms with E-state index in [0.29, 0.717) is 11.4 Å². The van der Waals surface area contributed by atoms with Gasteiger partial charge in [-0.05, 0) is 12.1 Å². The molecule has 7 heteroatoms. The number of hydrogen-bond acceptors (Lipinski definition) is 5. The first-order valence-electron chi connectivity index (χ1n) is 5.27. The van der Waals surface area contributed by atoms with Gasteiger partial charge in [-0.3, -0.25) is 4.79 Å². The second-order valence-electron chi connectivity index (χ2n) is 3.58. The Bertz CT molecular complexity index is 552. The zero-order chi connectivity index (χ0) is 13.0. The van der Waals surface area contributed by atoms with Gasteiger partial charge >= 0.3 is 0 Å². The number of nitrogens with zero attached hydrogens (tertiary/aromatic N) is 3. The highest BCUT2D eigenvalue weighted by Crippen LogP contribution is 2.16. The zero-order valence-electron chi connectivity index (χ0n) is 9.83. The third kappa shape index (κ3) is 2.97. The molecule has 7 nitrogen and oxygen atoms in total. The van der Waals surface area contributed by atoms with E-state index in [0.717, 1.165) is 0 Å². The second-order valence-corrected chi connectivity index (χ2v) is 3.58. The van der Waals surface area contributed by atoms with Gasteiger partial charge in [-0.1, -0.05) is 6.07 Å². The van der Waals surface area contributed by atoms with Gasteiger partial charge in [0.15, 0.2) is 5.82 Å². The summed E-state index contributed by atoms with van der Waals surface area (Å²) in [5, 5.41) is 10.4. The summed E-state index contributed by atoms with van der Waals surface area (Å²) in [5.41, 5.74) is 6.05. The van der Waals surface area contributed by atoms with Gasteiger partial charge in [-0.15, -0.1) is 5.10 Å². The van der Waals surface area contributed by atoms with Gasteiger partial charge in [0.05, 0.1) is 13.3 Å². The number of rotatable bonds is 4. The van der Waals surface area contributed by atoms with Crippen molar-refractivity contribution < 1.29 is 9.53 Å². The zero-order valence-corrected chi connectivity index (χ0v) is 9.83. The highest BCUT2D eigenvalue weighted by atomic mass is 16.5. The van der Waals surface area contributed by atoms with Crippen LogP contribution in [-0.4, -0.2) is 28.0 Å². The Balaban J connectivity index is 1.98. The standard InChI is InChI=1S/C11H13N5O2/c1-18-9-4-2-3-8(5-9)14-11(17)7-16-13-6-10(12)15-16/h2-6H,7H2,1H3,(H2,12,15)(H,14,17). The number of carbonyl (C=O) groups is 1. The Kier molecular flexibility index (Phi) is 3.42. The van der Waals surface area contributed by atoms with E-state index < -0.39 is 0 Å². The summed E-state index contributed by atoms with van der Waals surface area (Å²) in [6.45, 7) is 0.00834. The summed E-state index contributed by atoms with van der Waals surface area (Å²) in [7, 11) is 1.57. The van der Waals surface area contributed by atoms with Crippen LogP contribution < -0.4 is 15.8 Å². The van der Waals surface area contributed by atoms with Gasteiger partial charge in [0.2, 0.25) is 5.91 Å². The normalized spacial score (nSPS) is 10.1. The summed E-state index contributed by atoms with van der Waals surface area (Å²) < 4.78 is 5.06. The Morgan fingerprint density at radius 2 is 2.39 bits per heavy atom. The Morgan fingerprint density at radius 1 is 1.56 bits per heavy atom. The number of methoxy groups -OCH3 is 1. The summed E-state index contributed by atoms with van der Waals surface area (Å²) in [4.78, 5) is 12.9. The maximum Gasteiger partial charge on any atom is 0.247 e. The average molecular weight is 247 g/mol. The first kappa shape index (κ1) is 11.9. The van der Waals surface area contributed by atoms with Crippen molar-refractivity contribution in [2.45, 2.75) is 6.54 Å².